The van der Waals surface area contributed by atoms with Crippen LogP contribution in [0.3, 0.4) is 0 Å². The Balaban J connectivity index is 1.60. The van der Waals surface area contributed by atoms with Crippen molar-refractivity contribution in [2.75, 3.05) is 0 Å². The van der Waals surface area contributed by atoms with Gasteiger partial charge >= 0.3 is 12.1 Å². The summed E-state index contributed by atoms with van der Waals surface area (Å²) < 4.78 is 71.3. The van der Waals surface area contributed by atoms with Gasteiger partial charge in [0.15, 0.2) is 0 Å². The van der Waals surface area contributed by atoms with Crippen LogP contribution in [0.1, 0.15) is 17.5 Å². The minimum atomic E-state index is -4.45. The molecule has 0 radical (unpaired) electrons. The van der Waals surface area contributed by atoms with Crippen LogP contribution in [-0.4, -0.2) is 23.5 Å². The number of nitrogens with zero attached hydrogens (tertiary/aromatic N) is 1. The normalized spacial score (nSPS) is 12.1. The number of para-hydroxylation sites is 1. The largest absolute Gasteiger partial charge is 0.481 e. The number of alkyl halides is 3. The average molecular weight is 489 g/mol. The van der Waals surface area contributed by atoms with E-state index in [-0.39, 0.29) is 29.2 Å². The third-order valence-electron chi connectivity index (χ3n) is 5.17. The summed E-state index contributed by atoms with van der Waals surface area (Å²) in [4.78, 5) is 10.9. The van der Waals surface area contributed by atoms with E-state index in [1.807, 2.05) is 0 Å². The van der Waals surface area contributed by atoms with E-state index in [0.717, 1.165) is 16.1 Å². The van der Waals surface area contributed by atoms with Gasteiger partial charge in [0.2, 0.25) is 0 Å². The van der Waals surface area contributed by atoms with E-state index < -0.39 is 27.7 Å². The maximum absolute atomic E-state index is 13.3. The summed E-state index contributed by atoms with van der Waals surface area (Å²) >= 11 is 0. The fraction of sp³-hybridized carbons (Fsp3) is 0.125. The number of carboxylic acids is 1. The molecule has 6 nitrogen and oxygen atoms in total. The molecule has 10 heteroatoms. The summed E-state index contributed by atoms with van der Waals surface area (Å²) in [5, 5.41) is 9.63. The van der Waals surface area contributed by atoms with Gasteiger partial charge in [-0.2, -0.15) is 13.2 Å². The lowest BCUT2D eigenvalue weighted by Gasteiger charge is -2.10. The summed E-state index contributed by atoms with van der Waals surface area (Å²) in [7, 11) is -4.01. The van der Waals surface area contributed by atoms with Crippen LogP contribution < -0.4 is 4.74 Å². The molecule has 0 bridgehead atoms. The topological polar surface area (TPSA) is 85.6 Å². The van der Waals surface area contributed by atoms with Crippen LogP contribution in [0.15, 0.2) is 83.9 Å². The molecule has 1 heterocycles. The highest BCUT2D eigenvalue weighted by molar-refractivity contribution is 7.90. The van der Waals surface area contributed by atoms with Crippen molar-refractivity contribution in [3.05, 3.63) is 90.1 Å². The number of aryl methyl sites for hydroxylation is 1. The number of carbonyl (C=O) groups is 1. The van der Waals surface area contributed by atoms with Gasteiger partial charge in [0.1, 0.15) is 11.5 Å². The molecule has 3 aromatic carbocycles. The van der Waals surface area contributed by atoms with Crippen LogP contribution in [-0.2, 0) is 27.4 Å². The molecule has 0 saturated heterocycles. The van der Waals surface area contributed by atoms with E-state index in [2.05, 4.69) is 0 Å². The zero-order valence-corrected chi connectivity index (χ0v) is 18.3. The molecule has 0 aliphatic carbocycles. The van der Waals surface area contributed by atoms with Crippen molar-refractivity contribution in [1.82, 2.24) is 3.97 Å². The molecule has 1 aromatic heterocycles. The van der Waals surface area contributed by atoms with E-state index >= 15 is 0 Å². The Kier molecular flexibility index (Phi) is 6.09. The Bertz CT molecular complexity index is 1440. The van der Waals surface area contributed by atoms with Crippen LogP contribution in [0, 0.1) is 0 Å². The predicted molar refractivity (Wildman–Crippen MR) is 118 cm³/mol. The van der Waals surface area contributed by atoms with Crippen LogP contribution in [0.2, 0.25) is 0 Å². The molecule has 1 N–H and O–H groups in total. The lowest BCUT2D eigenvalue weighted by Crippen LogP contribution is -2.11. The van der Waals surface area contributed by atoms with Crippen LogP contribution >= 0.6 is 0 Å². The molecular formula is C24H18F3NO5S. The number of aromatic nitrogens is 1. The first-order chi connectivity index (χ1) is 16.1. The van der Waals surface area contributed by atoms with E-state index in [1.54, 1.807) is 24.3 Å². The van der Waals surface area contributed by atoms with Crippen LogP contribution in [0.25, 0.3) is 10.9 Å². The molecule has 4 rings (SSSR count). The van der Waals surface area contributed by atoms with Gasteiger partial charge in [-0.1, -0.05) is 18.2 Å². The van der Waals surface area contributed by atoms with Gasteiger partial charge in [-0.15, -0.1) is 0 Å². The highest BCUT2D eigenvalue weighted by atomic mass is 32.2. The molecular weight excluding hydrogens is 471 g/mol. The summed E-state index contributed by atoms with van der Waals surface area (Å²) in [6, 6.07) is 16.4. The lowest BCUT2D eigenvalue weighted by atomic mass is 10.1. The van der Waals surface area contributed by atoms with Gasteiger partial charge < -0.3 is 9.84 Å². The first-order valence-corrected chi connectivity index (χ1v) is 11.5. The number of fused-ring (bicyclic) bond motifs is 1. The number of benzene rings is 3. The van der Waals surface area contributed by atoms with Gasteiger partial charge in [0, 0.05) is 18.0 Å². The highest BCUT2D eigenvalue weighted by Crippen LogP contribution is 2.32. The maximum Gasteiger partial charge on any atom is 0.416 e. The van der Waals surface area contributed by atoms with Crippen molar-refractivity contribution in [3.8, 4) is 11.5 Å². The summed E-state index contributed by atoms with van der Waals surface area (Å²) in [5.74, 6) is -0.565. The Morgan fingerprint density at radius 3 is 2.09 bits per heavy atom. The fourth-order valence-electron chi connectivity index (χ4n) is 3.50. The van der Waals surface area contributed by atoms with Gasteiger partial charge in [0.25, 0.3) is 10.0 Å². The third-order valence-corrected chi connectivity index (χ3v) is 6.85. The zero-order chi connectivity index (χ0) is 24.5. The maximum atomic E-state index is 13.3. The Morgan fingerprint density at radius 2 is 1.50 bits per heavy atom. The van der Waals surface area contributed by atoms with E-state index in [9.17, 15) is 26.4 Å². The number of halogens is 3. The molecule has 0 saturated carbocycles. The van der Waals surface area contributed by atoms with Crippen molar-refractivity contribution < 1.29 is 36.2 Å². The monoisotopic (exact) mass is 489 g/mol. The first-order valence-electron chi connectivity index (χ1n) is 10.1. The third kappa shape index (κ3) is 4.76. The molecule has 34 heavy (non-hydrogen) atoms. The number of carboxylic acid groups (broad SMARTS) is 1. The number of hydrogen-bond donors (Lipinski definition) is 1. The number of rotatable bonds is 7. The van der Waals surface area contributed by atoms with E-state index in [4.69, 9.17) is 9.84 Å². The fourth-order valence-corrected chi connectivity index (χ4v) is 4.89. The minimum Gasteiger partial charge on any atom is -0.481 e. The van der Waals surface area contributed by atoms with E-state index in [1.165, 1.54) is 42.6 Å². The van der Waals surface area contributed by atoms with Crippen molar-refractivity contribution in [2.45, 2.75) is 23.9 Å². The van der Waals surface area contributed by atoms with Gasteiger partial charge in [0.05, 0.1) is 16.0 Å². The molecule has 0 amide bonds. The molecule has 4 aromatic rings. The van der Waals surface area contributed by atoms with Crippen molar-refractivity contribution in [3.63, 3.8) is 0 Å². The molecule has 0 unspecified atom stereocenters. The number of aliphatic carboxylic acids is 1. The van der Waals surface area contributed by atoms with Crippen molar-refractivity contribution >= 4 is 26.9 Å². The van der Waals surface area contributed by atoms with E-state index in [0.29, 0.717) is 16.5 Å². The molecule has 0 spiro atoms. The Hall–Kier alpha value is -3.79. The van der Waals surface area contributed by atoms with Gasteiger partial charge in [-0.3, -0.25) is 4.79 Å². The SMILES string of the molecule is O=C(O)CCc1cn(S(=O)(=O)c2ccc(Oc3ccc(C(F)(F)F)cc3)cc2)c2ccccc12. The first kappa shape index (κ1) is 23.4. The van der Waals surface area contributed by atoms with Gasteiger partial charge in [-0.05, 0) is 66.6 Å². The Labute approximate surface area is 192 Å². The average Bonchev–Trinajstić information content (AvgIpc) is 3.17. The van der Waals surface area contributed by atoms with Crippen molar-refractivity contribution in [1.29, 1.82) is 0 Å². The summed E-state index contributed by atoms with van der Waals surface area (Å²) in [5.41, 5.74) is 0.222. The quantitative estimate of drug-likeness (QED) is 0.360. The second-order valence-electron chi connectivity index (χ2n) is 7.46. The molecule has 176 valence electrons. The highest BCUT2D eigenvalue weighted by Gasteiger charge is 2.30. The predicted octanol–water partition coefficient (Wildman–Crippen LogP) is 5.71. The summed E-state index contributed by atoms with van der Waals surface area (Å²) in [6.07, 6.45) is -2.98. The standard InChI is InChI=1S/C24H18F3NO5S/c25-24(26,27)17-6-8-18(9-7-17)33-19-10-12-20(13-11-19)34(31,32)28-15-16(5-14-23(29)30)21-3-1-2-4-22(21)28/h1-4,6-13,15H,5,14H2,(H,29,30). The second-order valence-corrected chi connectivity index (χ2v) is 9.28. The molecule has 0 aliphatic rings. The zero-order valence-electron chi connectivity index (χ0n) is 17.5. The smallest absolute Gasteiger partial charge is 0.416 e. The lowest BCUT2D eigenvalue weighted by molar-refractivity contribution is -0.138. The van der Waals surface area contributed by atoms with Crippen molar-refractivity contribution in [2.24, 2.45) is 0 Å². The van der Waals surface area contributed by atoms with Crippen LogP contribution in [0.5, 0.6) is 11.5 Å². The molecule has 0 aliphatic heterocycles. The number of hydrogen-bond acceptors (Lipinski definition) is 4. The Morgan fingerprint density at radius 1 is 0.912 bits per heavy atom. The number of ether oxygens (including phenoxy) is 1. The van der Waals surface area contributed by atoms with Crippen LogP contribution in [0.4, 0.5) is 13.2 Å². The second kappa shape index (κ2) is 8.86. The van der Waals surface area contributed by atoms with Gasteiger partial charge in [-0.25, -0.2) is 12.4 Å². The summed E-state index contributed by atoms with van der Waals surface area (Å²) in [6.45, 7) is 0. The molecule has 0 fully saturated rings. The minimum absolute atomic E-state index is 0.0298. The molecule has 0 atom stereocenters.